The van der Waals surface area contributed by atoms with Gasteiger partial charge in [0.05, 0.1) is 11.1 Å². The zero-order valence-electron chi connectivity index (χ0n) is 13.3. The van der Waals surface area contributed by atoms with E-state index in [9.17, 15) is 17.6 Å². The number of aromatic nitrogens is 3. The molecule has 0 spiro atoms. The topological polar surface area (TPSA) is 81.9 Å². The van der Waals surface area contributed by atoms with Crippen molar-refractivity contribution in [3.8, 4) is 0 Å². The Hall–Kier alpha value is -2.87. The molecular weight excluding hydrogens is 345 g/mol. The van der Waals surface area contributed by atoms with Gasteiger partial charge in [0, 0.05) is 6.42 Å². The van der Waals surface area contributed by atoms with Crippen molar-refractivity contribution >= 4 is 15.8 Å². The van der Waals surface area contributed by atoms with Crippen LogP contribution in [-0.4, -0.2) is 28.6 Å². The standard InChI is InChI=1S/C17H14FN3O3S/c1-12-2-8-15(9-3-12)25(23,24)21-11-16(19-20-21)17(22)10-13-4-6-14(18)7-5-13/h2-9,11H,10H2,1H3. The van der Waals surface area contributed by atoms with E-state index in [1.54, 1.807) is 12.1 Å². The summed E-state index contributed by atoms with van der Waals surface area (Å²) in [5.41, 5.74) is 1.45. The molecule has 3 aromatic rings. The summed E-state index contributed by atoms with van der Waals surface area (Å²) < 4.78 is 38.5. The molecule has 8 heteroatoms. The Morgan fingerprint density at radius 3 is 2.36 bits per heavy atom. The lowest BCUT2D eigenvalue weighted by molar-refractivity contribution is 0.0988. The van der Waals surface area contributed by atoms with Crippen molar-refractivity contribution in [1.82, 2.24) is 14.4 Å². The third kappa shape index (κ3) is 3.63. The third-order valence-electron chi connectivity index (χ3n) is 3.60. The van der Waals surface area contributed by atoms with Crippen LogP contribution in [-0.2, 0) is 16.4 Å². The van der Waals surface area contributed by atoms with Gasteiger partial charge in [-0.1, -0.05) is 35.0 Å². The fourth-order valence-electron chi connectivity index (χ4n) is 2.19. The molecule has 0 amide bonds. The normalized spacial score (nSPS) is 11.4. The molecule has 128 valence electrons. The Bertz CT molecular complexity index is 1010. The first-order valence-corrected chi connectivity index (χ1v) is 8.82. The second kappa shape index (κ2) is 6.56. The summed E-state index contributed by atoms with van der Waals surface area (Å²) in [6.45, 7) is 1.85. The van der Waals surface area contributed by atoms with Crippen LogP contribution in [0.1, 0.15) is 21.6 Å². The van der Waals surface area contributed by atoms with Crippen LogP contribution in [0.15, 0.2) is 59.6 Å². The van der Waals surface area contributed by atoms with Crippen LogP contribution < -0.4 is 0 Å². The highest BCUT2D eigenvalue weighted by molar-refractivity contribution is 7.89. The predicted octanol–water partition coefficient (Wildman–Crippen LogP) is 2.39. The van der Waals surface area contributed by atoms with Crippen molar-refractivity contribution in [2.45, 2.75) is 18.2 Å². The van der Waals surface area contributed by atoms with Gasteiger partial charge >= 0.3 is 0 Å². The van der Waals surface area contributed by atoms with E-state index in [4.69, 9.17) is 0 Å². The van der Waals surface area contributed by atoms with E-state index in [0.29, 0.717) is 9.65 Å². The van der Waals surface area contributed by atoms with Crippen molar-refractivity contribution < 1.29 is 17.6 Å². The summed E-state index contributed by atoms with van der Waals surface area (Å²) in [5.74, 6) is -0.803. The molecule has 0 N–H and O–H groups in total. The average Bonchev–Trinajstić information content (AvgIpc) is 3.08. The molecule has 25 heavy (non-hydrogen) atoms. The molecule has 0 aliphatic heterocycles. The number of carbonyl (C=O) groups excluding carboxylic acids is 1. The van der Waals surface area contributed by atoms with E-state index < -0.39 is 21.6 Å². The van der Waals surface area contributed by atoms with Gasteiger partial charge in [-0.2, -0.15) is 8.42 Å². The molecular formula is C17H14FN3O3S. The quantitative estimate of drug-likeness (QED) is 0.653. The Morgan fingerprint density at radius 1 is 1.08 bits per heavy atom. The summed E-state index contributed by atoms with van der Waals surface area (Å²) in [6, 6.07) is 11.7. The molecule has 0 unspecified atom stereocenters. The van der Waals surface area contributed by atoms with Crippen LogP contribution in [0.3, 0.4) is 0 Å². The van der Waals surface area contributed by atoms with Gasteiger partial charge in [-0.15, -0.1) is 9.19 Å². The molecule has 0 radical (unpaired) electrons. The lowest BCUT2D eigenvalue weighted by Gasteiger charge is -2.03. The molecule has 0 aliphatic carbocycles. The summed E-state index contributed by atoms with van der Waals surface area (Å²) in [7, 11) is -3.91. The van der Waals surface area contributed by atoms with Gasteiger partial charge in [-0.3, -0.25) is 4.79 Å². The smallest absolute Gasteiger partial charge is 0.284 e. The second-order valence-corrected chi connectivity index (χ2v) is 7.32. The fraction of sp³-hybridized carbons (Fsp3) is 0.118. The Balaban J connectivity index is 1.82. The van der Waals surface area contributed by atoms with Gasteiger partial charge in [0.1, 0.15) is 11.5 Å². The zero-order valence-corrected chi connectivity index (χ0v) is 14.1. The van der Waals surface area contributed by atoms with Crippen molar-refractivity contribution in [3.63, 3.8) is 0 Å². The first kappa shape index (κ1) is 17.0. The highest BCUT2D eigenvalue weighted by atomic mass is 32.2. The minimum atomic E-state index is -3.91. The molecule has 0 aliphatic rings. The first-order chi connectivity index (χ1) is 11.9. The van der Waals surface area contributed by atoms with E-state index >= 15 is 0 Å². The molecule has 0 fully saturated rings. The van der Waals surface area contributed by atoms with Crippen LogP contribution in [0.4, 0.5) is 4.39 Å². The van der Waals surface area contributed by atoms with Crippen molar-refractivity contribution in [3.05, 3.63) is 77.4 Å². The highest BCUT2D eigenvalue weighted by Crippen LogP contribution is 2.14. The lowest BCUT2D eigenvalue weighted by Crippen LogP contribution is -2.13. The monoisotopic (exact) mass is 359 g/mol. The summed E-state index contributed by atoms with van der Waals surface area (Å²) in [5, 5.41) is 7.21. The summed E-state index contributed by atoms with van der Waals surface area (Å²) >= 11 is 0. The fourth-order valence-corrected chi connectivity index (χ4v) is 3.26. The van der Waals surface area contributed by atoms with Crippen molar-refractivity contribution in [2.24, 2.45) is 0 Å². The number of ketones is 1. The molecule has 3 rings (SSSR count). The number of halogens is 1. The van der Waals surface area contributed by atoms with Crippen LogP contribution in [0.5, 0.6) is 0 Å². The number of hydrogen-bond acceptors (Lipinski definition) is 5. The number of carbonyl (C=O) groups is 1. The minimum absolute atomic E-state index is 0.0243. The SMILES string of the molecule is Cc1ccc(S(=O)(=O)n2cc(C(=O)Cc3ccc(F)cc3)nn2)cc1. The molecule has 0 saturated heterocycles. The summed E-state index contributed by atoms with van der Waals surface area (Å²) in [4.78, 5) is 12.3. The van der Waals surface area contributed by atoms with E-state index in [1.807, 2.05) is 6.92 Å². The molecule has 0 saturated carbocycles. The van der Waals surface area contributed by atoms with E-state index in [-0.39, 0.29) is 17.0 Å². The van der Waals surface area contributed by atoms with Crippen LogP contribution in [0.25, 0.3) is 0 Å². The molecule has 6 nitrogen and oxygen atoms in total. The van der Waals surface area contributed by atoms with Gasteiger partial charge in [0.25, 0.3) is 10.0 Å². The number of benzene rings is 2. The maximum absolute atomic E-state index is 12.9. The highest BCUT2D eigenvalue weighted by Gasteiger charge is 2.21. The maximum atomic E-state index is 12.9. The van der Waals surface area contributed by atoms with E-state index in [2.05, 4.69) is 10.3 Å². The Kier molecular flexibility index (Phi) is 4.45. The third-order valence-corrected chi connectivity index (χ3v) is 5.14. The van der Waals surface area contributed by atoms with Crippen molar-refractivity contribution in [2.75, 3.05) is 0 Å². The minimum Gasteiger partial charge on any atom is -0.292 e. The Labute approximate surface area is 144 Å². The van der Waals surface area contributed by atoms with Gasteiger partial charge in [0.15, 0.2) is 5.78 Å². The van der Waals surface area contributed by atoms with E-state index in [0.717, 1.165) is 11.8 Å². The van der Waals surface area contributed by atoms with E-state index in [1.165, 1.54) is 36.4 Å². The van der Waals surface area contributed by atoms with Gasteiger partial charge in [0.2, 0.25) is 0 Å². The van der Waals surface area contributed by atoms with Gasteiger partial charge < -0.3 is 0 Å². The molecule has 0 atom stereocenters. The molecule has 2 aromatic carbocycles. The number of Topliss-reactive ketones (excluding diaryl/α,β-unsaturated/α-hetero) is 1. The largest absolute Gasteiger partial charge is 0.292 e. The van der Waals surface area contributed by atoms with Crippen molar-refractivity contribution in [1.29, 1.82) is 0 Å². The summed E-state index contributed by atoms with van der Waals surface area (Å²) in [6.07, 6.45) is 1.06. The second-order valence-electron chi connectivity index (χ2n) is 5.52. The van der Waals surface area contributed by atoms with Crippen LogP contribution in [0, 0.1) is 12.7 Å². The van der Waals surface area contributed by atoms with Crippen LogP contribution >= 0.6 is 0 Å². The predicted molar refractivity (Wildman–Crippen MR) is 88.2 cm³/mol. The number of rotatable bonds is 5. The lowest BCUT2D eigenvalue weighted by atomic mass is 10.1. The molecule has 1 aromatic heterocycles. The van der Waals surface area contributed by atoms with Gasteiger partial charge in [-0.05, 0) is 36.8 Å². The first-order valence-electron chi connectivity index (χ1n) is 7.38. The average molecular weight is 359 g/mol. The number of aryl methyl sites for hydroxylation is 1. The Morgan fingerprint density at radius 2 is 1.72 bits per heavy atom. The number of nitrogens with zero attached hydrogens (tertiary/aromatic N) is 3. The molecule has 1 heterocycles. The van der Waals surface area contributed by atoms with Gasteiger partial charge in [-0.25, -0.2) is 4.39 Å². The zero-order chi connectivity index (χ0) is 18.0. The maximum Gasteiger partial charge on any atom is 0.284 e. The molecule has 0 bridgehead atoms. The number of hydrogen-bond donors (Lipinski definition) is 0. The van der Waals surface area contributed by atoms with Crippen LogP contribution in [0.2, 0.25) is 0 Å².